The lowest BCUT2D eigenvalue weighted by molar-refractivity contribution is -0.145. The third kappa shape index (κ3) is 5.27. The molecule has 3 aromatic rings. The molecular formula is C25H18ClNO4S2. The molecular weight excluding hydrogens is 478 g/mol. The van der Waals surface area contributed by atoms with Gasteiger partial charge in [0.05, 0.1) is 4.91 Å². The molecule has 5 nitrogen and oxygen atoms in total. The standard InChI is InChI=1S/C25H18ClNO4S2/c26-19-12-10-16(11-13-19)15-31-20-9-5-4-8-18(20)14-21-23(28)27(25(32)33-21)22(24(29)30)17-6-2-1-3-7-17/h1-14,22H,15H2,(H,29,30)/b21-14-/t22-/m0/s1. The van der Waals surface area contributed by atoms with Gasteiger partial charge in [0.1, 0.15) is 16.7 Å². The minimum absolute atomic E-state index is 0.196. The second kappa shape index (κ2) is 10.2. The zero-order valence-electron chi connectivity index (χ0n) is 17.2. The molecule has 0 saturated carbocycles. The zero-order valence-corrected chi connectivity index (χ0v) is 19.6. The van der Waals surface area contributed by atoms with E-state index in [2.05, 4.69) is 0 Å². The van der Waals surface area contributed by atoms with Gasteiger partial charge in [-0.2, -0.15) is 0 Å². The molecule has 1 aliphatic rings. The van der Waals surface area contributed by atoms with Gasteiger partial charge in [-0.1, -0.05) is 96.2 Å². The van der Waals surface area contributed by atoms with Crippen molar-refractivity contribution in [3.05, 3.63) is 105 Å². The van der Waals surface area contributed by atoms with Gasteiger partial charge in [0, 0.05) is 10.6 Å². The van der Waals surface area contributed by atoms with Crippen LogP contribution in [0.25, 0.3) is 6.08 Å². The van der Waals surface area contributed by atoms with Crippen LogP contribution in [-0.2, 0) is 16.2 Å². The van der Waals surface area contributed by atoms with Gasteiger partial charge < -0.3 is 9.84 Å². The summed E-state index contributed by atoms with van der Waals surface area (Å²) in [4.78, 5) is 26.7. The number of nitrogens with zero attached hydrogens (tertiary/aromatic N) is 1. The maximum absolute atomic E-state index is 13.2. The predicted molar refractivity (Wildman–Crippen MR) is 134 cm³/mol. The van der Waals surface area contributed by atoms with E-state index >= 15 is 0 Å². The first kappa shape index (κ1) is 23.0. The van der Waals surface area contributed by atoms with E-state index in [1.54, 1.807) is 48.5 Å². The summed E-state index contributed by atoms with van der Waals surface area (Å²) < 4.78 is 6.16. The molecule has 1 amide bonds. The third-order valence-corrected chi connectivity index (χ3v) is 6.53. The number of halogens is 1. The Bertz CT molecular complexity index is 1230. The molecule has 0 aliphatic carbocycles. The number of thiocarbonyl (C=S) groups is 1. The average Bonchev–Trinajstić information content (AvgIpc) is 3.08. The van der Waals surface area contributed by atoms with Gasteiger partial charge in [0.15, 0.2) is 6.04 Å². The first-order valence-electron chi connectivity index (χ1n) is 9.95. The van der Waals surface area contributed by atoms with Crippen LogP contribution in [0.5, 0.6) is 5.75 Å². The first-order chi connectivity index (χ1) is 15.9. The highest BCUT2D eigenvalue weighted by molar-refractivity contribution is 8.26. The molecule has 1 atom stereocenters. The summed E-state index contributed by atoms with van der Waals surface area (Å²) in [6.45, 7) is 0.331. The summed E-state index contributed by atoms with van der Waals surface area (Å²) in [5.74, 6) is -1.00. The predicted octanol–water partition coefficient (Wildman–Crippen LogP) is 5.95. The van der Waals surface area contributed by atoms with Crippen molar-refractivity contribution in [3.8, 4) is 5.75 Å². The van der Waals surface area contributed by atoms with Crippen LogP contribution >= 0.6 is 35.6 Å². The van der Waals surface area contributed by atoms with Crippen LogP contribution in [0.15, 0.2) is 83.8 Å². The number of benzene rings is 3. The fourth-order valence-electron chi connectivity index (χ4n) is 3.35. The molecule has 0 unspecified atom stereocenters. The number of carbonyl (C=O) groups is 2. The van der Waals surface area contributed by atoms with Crippen molar-refractivity contribution in [1.29, 1.82) is 0 Å². The molecule has 166 valence electrons. The summed E-state index contributed by atoms with van der Waals surface area (Å²) in [6, 6.07) is 22.1. The number of carbonyl (C=O) groups excluding carboxylic acids is 1. The SMILES string of the molecule is O=C(O)[C@H](c1ccccc1)N1C(=O)/C(=C/c2ccccc2OCc2ccc(Cl)cc2)SC1=S. The topological polar surface area (TPSA) is 66.8 Å². The van der Waals surface area contributed by atoms with Crippen molar-refractivity contribution >= 4 is 57.9 Å². The average molecular weight is 496 g/mol. The van der Waals surface area contributed by atoms with Gasteiger partial charge in [-0.25, -0.2) is 4.79 Å². The molecule has 0 aromatic heterocycles. The summed E-state index contributed by atoms with van der Waals surface area (Å²) in [6.07, 6.45) is 1.68. The van der Waals surface area contributed by atoms with Crippen molar-refractivity contribution in [2.75, 3.05) is 0 Å². The monoisotopic (exact) mass is 495 g/mol. The Morgan fingerprint density at radius 2 is 1.73 bits per heavy atom. The third-order valence-electron chi connectivity index (χ3n) is 4.94. The van der Waals surface area contributed by atoms with Crippen LogP contribution in [-0.4, -0.2) is 26.2 Å². The van der Waals surface area contributed by atoms with Gasteiger partial charge in [-0.15, -0.1) is 0 Å². The fourth-order valence-corrected chi connectivity index (χ4v) is 4.78. The molecule has 3 aromatic carbocycles. The molecule has 33 heavy (non-hydrogen) atoms. The number of para-hydroxylation sites is 1. The van der Waals surface area contributed by atoms with E-state index < -0.39 is 17.9 Å². The maximum Gasteiger partial charge on any atom is 0.331 e. The van der Waals surface area contributed by atoms with E-state index in [9.17, 15) is 14.7 Å². The number of hydrogen-bond acceptors (Lipinski definition) is 5. The van der Waals surface area contributed by atoms with Crippen LogP contribution in [0.4, 0.5) is 0 Å². The Morgan fingerprint density at radius 1 is 1.06 bits per heavy atom. The molecule has 8 heteroatoms. The number of rotatable bonds is 7. The van der Waals surface area contributed by atoms with E-state index in [1.165, 1.54) is 0 Å². The molecule has 0 spiro atoms. The molecule has 1 heterocycles. The van der Waals surface area contributed by atoms with Crippen LogP contribution < -0.4 is 4.74 Å². The maximum atomic E-state index is 13.2. The van der Waals surface area contributed by atoms with Crippen molar-refractivity contribution in [2.24, 2.45) is 0 Å². The number of ether oxygens (including phenoxy) is 1. The number of aliphatic carboxylic acids is 1. The van der Waals surface area contributed by atoms with Gasteiger partial charge >= 0.3 is 5.97 Å². The second-order valence-electron chi connectivity index (χ2n) is 7.16. The first-order valence-corrected chi connectivity index (χ1v) is 11.6. The quantitative estimate of drug-likeness (QED) is 0.323. The Hall–Kier alpha value is -3.13. The van der Waals surface area contributed by atoms with Crippen molar-refractivity contribution in [1.82, 2.24) is 4.90 Å². The van der Waals surface area contributed by atoms with Gasteiger partial charge in [0.2, 0.25) is 0 Å². The smallest absolute Gasteiger partial charge is 0.331 e. The van der Waals surface area contributed by atoms with E-state index in [0.717, 1.165) is 22.2 Å². The molecule has 0 radical (unpaired) electrons. The zero-order chi connectivity index (χ0) is 23.4. The number of amides is 1. The highest BCUT2D eigenvalue weighted by Crippen LogP contribution is 2.39. The normalized spacial score (nSPS) is 15.7. The van der Waals surface area contributed by atoms with Gasteiger partial charge in [-0.3, -0.25) is 9.69 Å². The lowest BCUT2D eigenvalue weighted by Crippen LogP contribution is -2.37. The highest BCUT2D eigenvalue weighted by atomic mass is 35.5. The summed E-state index contributed by atoms with van der Waals surface area (Å²) in [5, 5.41) is 10.5. The number of hydrogen-bond donors (Lipinski definition) is 1. The Balaban J connectivity index is 1.59. The fraction of sp³-hybridized carbons (Fsp3) is 0.0800. The van der Waals surface area contributed by atoms with Crippen molar-refractivity contribution in [3.63, 3.8) is 0 Å². The molecule has 1 saturated heterocycles. The van der Waals surface area contributed by atoms with E-state index in [-0.39, 0.29) is 4.32 Å². The Kier molecular flexibility index (Phi) is 7.13. The minimum Gasteiger partial charge on any atom is -0.488 e. The summed E-state index contributed by atoms with van der Waals surface area (Å²) in [7, 11) is 0. The second-order valence-corrected chi connectivity index (χ2v) is 9.27. The number of carboxylic acids is 1. The van der Waals surface area contributed by atoms with Crippen LogP contribution in [0.2, 0.25) is 5.02 Å². The van der Waals surface area contributed by atoms with Crippen molar-refractivity contribution in [2.45, 2.75) is 12.6 Å². The molecule has 1 N–H and O–H groups in total. The molecule has 4 rings (SSSR count). The minimum atomic E-state index is -1.19. The van der Waals surface area contributed by atoms with E-state index in [0.29, 0.717) is 33.4 Å². The van der Waals surface area contributed by atoms with Gasteiger partial charge in [0.25, 0.3) is 5.91 Å². The van der Waals surface area contributed by atoms with Crippen LogP contribution in [0.3, 0.4) is 0 Å². The number of thioether (sulfide) groups is 1. The number of carboxylic acid groups (broad SMARTS) is 1. The van der Waals surface area contributed by atoms with E-state index in [1.807, 2.05) is 36.4 Å². The summed E-state index contributed by atoms with van der Waals surface area (Å²) in [5.41, 5.74) is 2.13. The highest BCUT2D eigenvalue weighted by Gasteiger charge is 2.41. The summed E-state index contributed by atoms with van der Waals surface area (Å²) >= 11 is 12.4. The largest absolute Gasteiger partial charge is 0.488 e. The van der Waals surface area contributed by atoms with Gasteiger partial charge in [-0.05, 0) is 35.4 Å². The van der Waals surface area contributed by atoms with Crippen molar-refractivity contribution < 1.29 is 19.4 Å². The Labute approximate surface area is 205 Å². The Morgan fingerprint density at radius 3 is 2.42 bits per heavy atom. The van der Waals surface area contributed by atoms with Crippen LogP contribution in [0, 0.1) is 0 Å². The molecule has 1 aliphatic heterocycles. The lowest BCUT2D eigenvalue weighted by atomic mass is 10.1. The molecule has 0 bridgehead atoms. The van der Waals surface area contributed by atoms with E-state index in [4.69, 9.17) is 28.6 Å². The molecule has 1 fully saturated rings. The van der Waals surface area contributed by atoms with Crippen LogP contribution in [0.1, 0.15) is 22.7 Å². The lowest BCUT2D eigenvalue weighted by Gasteiger charge is -2.23.